The minimum Gasteiger partial charge on any atom is -0.496 e. The molecule has 0 aliphatic rings. The summed E-state index contributed by atoms with van der Waals surface area (Å²) in [5, 5.41) is 0.905. The summed E-state index contributed by atoms with van der Waals surface area (Å²) in [5.74, 6) is 0.801. The molecule has 27 heavy (non-hydrogen) atoms. The fourth-order valence-electron chi connectivity index (χ4n) is 2.97. The second kappa shape index (κ2) is 8.04. The monoisotopic (exact) mass is 447 g/mol. The van der Waals surface area contributed by atoms with Crippen LogP contribution in [0.5, 0.6) is 5.75 Å². The molecule has 0 saturated heterocycles. The quantitative estimate of drug-likeness (QED) is 0.390. The van der Waals surface area contributed by atoms with E-state index >= 15 is 0 Å². The summed E-state index contributed by atoms with van der Waals surface area (Å²) in [5.41, 5.74) is 9.85. The molecule has 3 aromatic rings. The number of para-hydroxylation sites is 1. The minimum absolute atomic E-state index is 0.449. The number of nitrogen functional groups attached to an aromatic ring is 1. The van der Waals surface area contributed by atoms with E-state index in [1.807, 2.05) is 35.0 Å². The number of aromatic nitrogens is 2. The van der Waals surface area contributed by atoms with Crippen LogP contribution < -0.4 is 10.5 Å². The van der Waals surface area contributed by atoms with E-state index < -0.39 is 8.07 Å². The van der Waals surface area contributed by atoms with Crippen LogP contribution in [0, 0.1) is 0 Å². The Morgan fingerprint density at radius 3 is 2.63 bits per heavy atom. The van der Waals surface area contributed by atoms with Crippen molar-refractivity contribution in [2.24, 2.45) is 0 Å². The van der Waals surface area contributed by atoms with E-state index in [1.54, 1.807) is 13.3 Å². The highest BCUT2D eigenvalue weighted by atomic mass is 79.9. The molecule has 0 spiro atoms. The van der Waals surface area contributed by atoms with Gasteiger partial charge in [-0.05, 0) is 28.0 Å². The van der Waals surface area contributed by atoms with E-state index in [0.717, 1.165) is 45.0 Å². The van der Waals surface area contributed by atoms with E-state index in [4.69, 9.17) is 15.2 Å². The van der Waals surface area contributed by atoms with Gasteiger partial charge in [-0.25, -0.2) is 4.98 Å². The smallest absolute Gasteiger partial charge is 0.144 e. The van der Waals surface area contributed by atoms with Crippen LogP contribution in [0.25, 0.3) is 22.2 Å². The fourth-order valence-corrected chi connectivity index (χ4v) is 4.02. The number of halogens is 1. The Bertz CT molecular complexity index is 950. The number of pyridine rings is 1. The summed E-state index contributed by atoms with van der Waals surface area (Å²) in [4.78, 5) is 4.59. The van der Waals surface area contributed by atoms with Gasteiger partial charge in [0.2, 0.25) is 0 Å². The SMILES string of the molecule is COc1ccccc1-c1cn(COCC[Si](C)(C)C)c2ncc(Br)c(N)c12. The van der Waals surface area contributed by atoms with E-state index in [0.29, 0.717) is 12.4 Å². The predicted molar refractivity (Wildman–Crippen MR) is 118 cm³/mol. The highest BCUT2D eigenvalue weighted by molar-refractivity contribution is 9.10. The molecular formula is C20H26BrN3O2Si. The van der Waals surface area contributed by atoms with Gasteiger partial charge in [-0.2, -0.15) is 0 Å². The Hall–Kier alpha value is -1.83. The normalized spacial score (nSPS) is 11.9. The van der Waals surface area contributed by atoms with Gasteiger partial charge < -0.3 is 19.8 Å². The molecule has 0 atom stereocenters. The van der Waals surface area contributed by atoms with Crippen molar-refractivity contribution >= 4 is 40.7 Å². The first-order valence-corrected chi connectivity index (χ1v) is 13.5. The molecule has 1 aromatic carbocycles. The summed E-state index contributed by atoms with van der Waals surface area (Å²) in [6.45, 7) is 8.25. The largest absolute Gasteiger partial charge is 0.496 e. The van der Waals surface area contributed by atoms with Gasteiger partial charge in [-0.15, -0.1) is 0 Å². The third-order valence-corrected chi connectivity index (χ3v) is 6.84. The first kappa shape index (κ1) is 19.9. The van der Waals surface area contributed by atoms with Gasteiger partial charge in [-0.3, -0.25) is 0 Å². The molecule has 0 aliphatic carbocycles. The number of nitrogens with two attached hydrogens (primary N) is 1. The molecule has 2 aromatic heterocycles. The molecule has 7 heteroatoms. The fraction of sp³-hybridized carbons (Fsp3) is 0.350. The molecule has 144 valence electrons. The zero-order chi connectivity index (χ0) is 19.6. The van der Waals surface area contributed by atoms with E-state index in [1.165, 1.54) is 0 Å². The molecule has 2 N–H and O–H groups in total. The number of benzene rings is 1. The van der Waals surface area contributed by atoms with Crippen LogP contribution in [0.3, 0.4) is 0 Å². The third-order valence-electron chi connectivity index (χ3n) is 4.50. The van der Waals surface area contributed by atoms with Crippen LogP contribution >= 0.6 is 15.9 Å². The lowest BCUT2D eigenvalue weighted by Crippen LogP contribution is -2.22. The summed E-state index contributed by atoms with van der Waals surface area (Å²) < 4.78 is 14.3. The maximum atomic E-state index is 6.40. The standard InChI is InChI=1S/C20H26BrN3O2Si/c1-25-17-8-6-5-7-14(17)15-12-24(13-26-9-10-27(2,3)4)20-18(15)19(22)16(21)11-23-20/h5-8,11-12H,9-10,13H2,1-4H3,(H2,22,23). The molecule has 3 rings (SSSR count). The lowest BCUT2D eigenvalue weighted by Gasteiger charge is -2.15. The Labute approximate surface area is 169 Å². The molecule has 0 radical (unpaired) electrons. The Morgan fingerprint density at radius 2 is 1.93 bits per heavy atom. The number of hydrogen-bond donors (Lipinski definition) is 1. The van der Waals surface area contributed by atoms with Crippen molar-refractivity contribution in [2.45, 2.75) is 32.4 Å². The number of ether oxygens (including phenoxy) is 2. The van der Waals surface area contributed by atoms with Gasteiger partial charge in [0.1, 0.15) is 18.1 Å². The van der Waals surface area contributed by atoms with Crippen LogP contribution in [0.4, 0.5) is 5.69 Å². The molecule has 5 nitrogen and oxygen atoms in total. The number of anilines is 1. The van der Waals surface area contributed by atoms with Gasteiger partial charge in [0.25, 0.3) is 0 Å². The minimum atomic E-state index is -1.12. The molecule has 0 unspecified atom stereocenters. The van der Waals surface area contributed by atoms with Crippen LogP contribution in [0.2, 0.25) is 25.7 Å². The lowest BCUT2D eigenvalue weighted by atomic mass is 10.0. The van der Waals surface area contributed by atoms with Crippen molar-refractivity contribution in [3.8, 4) is 16.9 Å². The van der Waals surface area contributed by atoms with E-state index in [-0.39, 0.29) is 0 Å². The van der Waals surface area contributed by atoms with Crippen molar-refractivity contribution in [1.82, 2.24) is 9.55 Å². The lowest BCUT2D eigenvalue weighted by molar-refractivity contribution is 0.0899. The number of nitrogens with zero attached hydrogens (tertiary/aromatic N) is 2. The highest BCUT2D eigenvalue weighted by Gasteiger charge is 2.19. The highest BCUT2D eigenvalue weighted by Crippen LogP contribution is 2.40. The molecule has 0 fully saturated rings. The molecule has 0 aliphatic heterocycles. The maximum Gasteiger partial charge on any atom is 0.144 e. The maximum absolute atomic E-state index is 6.40. The van der Waals surface area contributed by atoms with Crippen LogP contribution in [0.15, 0.2) is 41.1 Å². The summed E-state index contributed by atoms with van der Waals surface area (Å²) in [7, 11) is 0.558. The van der Waals surface area contributed by atoms with Crippen molar-refractivity contribution in [3.63, 3.8) is 0 Å². The zero-order valence-electron chi connectivity index (χ0n) is 16.3. The van der Waals surface area contributed by atoms with Crippen LogP contribution in [-0.2, 0) is 11.5 Å². The average molecular weight is 448 g/mol. The first-order valence-electron chi connectivity index (χ1n) is 8.96. The number of fused-ring (bicyclic) bond motifs is 1. The molecule has 2 heterocycles. The van der Waals surface area contributed by atoms with Crippen molar-refractivity contribution < 1.29 is 9.47 Å². The number of hydrogen-bond acceptors (Lipinski definition) is 4. The molecular weight excluding hydrogens is 422 g/mol. The van der Waals surface area contributed by atoms with Gasteiger partial charge >= 0.3 is 0 Å². The Balaban J connectivity index is 2.02. The van der Waals surface area contributed by atoms with Gasteiger partial charge in [0.15, 0.2) is 0 Å². The number of methoxy groups -OCH3 is 1. The summed E-state index contributed by atoms with van der Waals surface area (Å²) >= 11 is 3.50. The number of rotatable bonds is 7. The third kappa shape index (κ3) is 4.36. The second-order valence-electron chi connectivity index (χ2n) is 7.78. The van der Waals surface area contributed by atoms with Gasteiger partial charge in [-0.1, -0.05) is 37.8 Å². The Morgan fingerprint density at radius 1 is 1.19 bits per heavy atom. The van der Waals surface area contributed by atoms with Crippen molar-refractivity contribution in [3.05, 3.63) is 41.1 Å². The first-order chi connectivity index (χ1) is 12.8. The zero-order valence-corrected chi connectivity index (χ0v) is 18.8. The van der Waals surface area contributed by atoms with E-state index in [9.17, 15) is 0 Å². The molecule has 0 bridgehead atoms. The van der Waals surface area contributed by atoms with Crippen molar-refractivity contribution in [2.75, 3.05) is 19.5 Å². The average Bonchev–Trinajstić information content (AvgIpc) is 3.00. The second-order valence-corrected chi connectivity index (χ2v) is 14.3. The van der Waals surface area contributed by atoms with E-state index in [2.05, 4.69) is 40.6 Å². The van der Waals surface area contributed by atoms with Gasteiger partial charge in [0, 0.05) is 38.2 Å². The molecule has 0 amide bonds. The topological polar surface area (TPSA) is 62.3 Å². The van der Waals surface area contributed by atoms with Crippen molar-refractivity contribution in [1.29, 1.82) is 0 Å². The van der Waals surface area contributed by atoms with Crippen LogP contribution in [0.1, 0.15) is 0 Å². The molecule has 0 saturated carbocycles. The van der Waals surface area contributed by atoms with Gasteiger partial charge in [0.05, 0.1) is 22.7 Å². The predicted octanol–water partition coefficient (Wildman–Crippen LogP) is 5.37. The summed E-state index contributed by atoms with van der Waals surface area (Å²) in [6, 6.07) is 9.06. The summed E-state index contributed by atoms with van der Waals surface area (Å²) in [6.07, 6.45) is 3.79. The Kier molecular flexibility index (Phi) is 5.93. The van der Waals surface area contributed by atoms with Crippen LogP contribution in [-0.4, -0.2) is 31.3 Å².